The summed E-state index contributed by atoms with van der Waals surface area (Å²) in [6.07, 6.45) is -0.769. The van der Waals surface area contributed by atoms with Gasteiger partial charge in [-0.15, -0.1) is 0 Å². The number of piperazine rings is 1. The minimum absolute atomic E-state index is 0.359. The average Bonchev–Trinajstić information content (AvgIpc) is 3.10. The van der Waals surface area contributed by atoms with Gasteiger partial charge in [-0.3, -0.25) is 14.3 Å². The number of carbonyl (C=O) groups excluding carboxylic acids is 1. The molecule has 0 aliphatic carbocycles. The van der Waals surface area contributed by atoms with E-state index >= 15 is 0 Å². The maximum Gasteiger partial charge on any atom is 0.417 e. The van der Waals surface area contributed by atoms with Crippen LogP contribution in [-0.4, -0.2) is 61.3 Å². The lowest BCUT2D eigenvalue weighted by molar-refractivity contribution is -0.138. The monoisotopic (exact) mass is 421 g/mol. The topological polar surface area (TPSA) is 89.2 Å². The Morgan fingerprint density at radius 1 is 1.13 bits per heavy atom. The van der Waals surface area contributed by atoms with Gasteiger partial charge < -0.3 is 14.4 Å². The summed E-state index contributed by atoms with van der Waals surface area (Å²) in [6.45, 7) is 1.26. The van der Waals surface area contributed by atoms with E-state index in [9.17, 15) is 22.8 Å². The van der Waals surface area contributed by atoms with Gasteiger partial charge in [0.05, 0.1) is 17.1 Å². The Morgan fingerprint density at radius 3 is 2.57 bits per heavy atom. The van der Waals surface area contributed by atoms with Crippen molar-refractivity contribution in [1.82, 2.24) is 29.2 Å². The highest BCUT2D eigenvalue weighted by atomic mass is 19.4. The zero-order valence-corrected chi connectivity index (χ0v) is 16.0. The Kier molecular flexibility index (Phi) is 4.92. The number of alkyl halides is 3. The molecule has 12 heteroatoms. The molecule has 0 saturated carbocycles. The number of carbonyl (C=O) groups is 1. The Bertz CT molecular complexity index is 1150. The average molecular weight is 421 g/mol. The molecule has 9 nitrogen and oxygen atoms in total. The fraction of sp³-hybridized carbons (Fsp3) is 0.389. The molecule has 4 heterocycles. The molecule has 0 atom stereocenters. The Hall–Kier alpha value is -3.44. The molecule has 3 aromatic rings. The fourth-order valence-electron chi connectivity index (χ4n) is 3.44. The second-order valence-electron chi connectivity index (χ2n) is 6.95. The zero-order chi connectivity index (χ0) is 21.5. The van der Waals surface area contributed by atoms with Gasteiger partial charge in [0.15, 0.2) is 5.65 Å². The van der Waals surface area contributed by atoms with Gasteiger partial charge in [-0.1, -0.05) is 0 Å². The maximum atomic E-state index is 12.9. The van der Waals surface area contributed by atoms with Crippen LogP contribution in [0.25, 0.3) is 11.0 Å². The number of hydrogen-bond acceptors (Lipinski definition) is 6. The van der Waals surface area contributed by atoms with Gasteiger partial charge in [-0.25, -0.2) is 9.97 Å². The summed E-state index contributed by atoms with van der Waals surface area (Å²) in [6, 6.07) is 1.53. The first-order chi connectivity index (χ1) is 14.2. The third-order valence-corrected chi connectivity index (χ3v) is 5.06. The molecule has 1 fully saturated rings. The Morgan fingerprint density at radius 2 is 1.87 bits per heavy atom. The van der Waals surface area contributed by atoms with Crippen molar-refractivity contribution in [3.63, 3.8) is 0 Å². The summed E-state index contributed by atoms with van der Waals surface area (Å²) >= 11 is 0. The van der Waals surface area contributed by atoms with Crippen LogP contribution in [0, 0.1) is 0 Å². The molecular formula is C18H18F3N7O2. The molecule has 0 N–H and O–H groups in total. The quantitative estimate of drug-likeness (QED) is 0.624. The minimum Gasteiger partial charge on any atom is -0.352 e. The van der Waals surface area contributed by atoms with Crippen LogP contribution in [0.1, 0.15) is 5.56 Å². The lowest BCUT2D eigenvalue weighted by atomic mass is 10.2. The Labute approximate surface area is 168 Å². The predicted octanol–water partition coefficient (Wildman–Crippen LogP) is 0.893. The van der Waals surface area contributed by atoms with Gasteiger partial charge in [0.1, 0.15) is 18.7 Å². The van der Waals surface area contributed by atoms with Crippen LogP contribution in [0.4, 0.5) is 19.0 Å². The van der Waals surface area contributed by atoms with Crippen LogP contribution in [0.3, 0.4) is 0 Å². The van der Waals surface area contributed by atoms with E-state index in [0.717, 1.165) is 16.0 Å². The summed E-state index contributed by atoms with van der Waals surface area (Å²) < 4.78 is 41.1. The number of fused-ring (bicyclic) bond motifs is 1. The summed E-state index contributed by atoms with van der Waals surface area (Å²) in [4.78, 5) is 36.5. The van der Waals surface area contributed by atoms with Crippen LogP contribution in [0.2, 0.25) is 0 Å². The third kappa shape index (κ3) is 3.72. The largest absolute Gasteiger partial charge is 0.417 e. The standard InChI is InChI=1S/C18H18F3N7O2/c1-25-16-13(8-24-25)17(23-11-22-16)27-6-4-26(5-7-27)15(30)10-28-9-12(18(19,20)21)2-3-14(28)29/h2-3,8-9,11H,4-7,10H2,1H3. The maximum absolute atomic E-state index is 12.9. The second kappa shape index (κ2) is 7.43. The van der Waals surface area contributed by atoms with Gasteiger partial charge in [0.2, 0.25) is 5.91 Å². The number of halogens is 3. The van der Waals surface area contributed by atoms with Crippen LogP contribution in [0.5, 0.6) is 0 Å². The molecule has 0 bridgehead atoms. The molecule has 158 valence electrons. The third-order valence-electron chi connectivity index (χ3n) is 5.06. The van der Waals surface area contributed by atoms with E-state index in [1.54, 1.807) is 17.9 Å². The first-order valence-electron chi connectivity index (χ1n) is 9.17. The number of rotatable bonds is 3. The smallest absolute Gasteiger partial charge is 0.352 e. The molecule has 0 spiro atoms. The molecule has 1 aliphatic heterocycles. The van der Waals surface area contributed by atoms with Crippen molar-refractivity contribution in [3.05, 3.63) is 46.8 Å². The SMILES string of the molecule is Cn1ncc2c(N3CCN(C(=O)Cn4cc(C(F)(F)F)ccc4=O)CC3)ncnc21. The van der Waals surface area contributed by atoms with E-state index in [1.165, 1.54) is 11.2 Å². The highest BCUT2D eigenvalue weighted by Gasteiger charge is 2.31. The first kappa shape index (κ1) is 19.9. The lowest BCUT2D eigenvalue weighted by Gasteiger charge is -2.35. The normalized spacial score (nSPS) is 15.1. The molecule has 1 amide bonds. The summed E-state index contributed by atoms with van der Waals surface area (Å²) in [5.41, 5.74) is -0.929. The highest BCUT2D eigenvalue weighted by molar-refractivity contribution is 5.86. The first-order valence-corrected chi connectivity index (χ1v) is 9.17. The van der Waals surface area contributed by atoms with Crippen molar-refractivity contribution in [1.29, 1.82) is 0 Å². The second-order valence-corrected chi connectivity index (χ2v) is 6.95. The van der Waals surface area contributed by atoms with Crippen molar-refractivity contribution in [2.24, 2.45) is 7.05 Å². The molecular weight excluding hydrogens is 403 g/mol. The van der Waals surface area contributed by atoms with E-state index in [4.69, 9.17) is 0 Å². The number of anilines is 1. The molecule has 30 heavy (non-hydrogen) atoms. The highest BCUT2D eigenvalue weighted by Crippen LogP contribution is 2.28. The van der Waals surface area contributed by atoms with Crippen molar-refractivity contribution in [2.75, 3.05) is 31.1 Å². The predicted molar refractivity (Wildman–Crippen MR) is 101 cm³/mol. The van der Waals surface area contributed by atoms with Crippen LogP contribution >= 0.6 is 0 Å². The molecule has 0 aromatic carbocycles. The summed E-state index contributed by atoms with van der Waals surface area (Å²) in [5, 5.41) is 4.99. The number of aryl methyl sites for hydroxylation is 1. The van der Waals surface area contributed by atoms with Crippen molar-refractivity contribution in [3.8, 4) is 0 Å². The lowest BCUT2D eigenvalue weighted by Crippen LogP contribution is -2.50. The summed E-state index contributed by atoms with van der Waals surface area (Å²) in [7, 11) is 1.78. The van der Waals surface area contributed by atoms with E-state index in [1.807, 2.05) is 4.90 Å². The molecule has 1 saturated heterocycles. The summed E-state index contributed by atoms with van der Waals surface area (Å²) in [5.74, 6) is 0.305. The van der Waals surface area contributed by atoms with Gasteiger partial charge >= 0.3 is 6.18 Å². The minimum atomic E-state index is -4.58. The molecule has 0 unspecified atom stereocenters. The molecule has 0 radical (unpaired) electrons. The van der Waals surface area contributed by atoms with Crippen molar-refractivity contribution < 1.29 is 18.0 Å². The van der Waals surface area contributed by atoms with Crippen molar-refractivity contribution >= 4 is 22.8 Å². The number of nitrogens with zero attached hydrogens (tertiary/aromatic N) is 7. The van der Waals surface area contributed by atoms with Crippen LogP contribution < -0.4 is 10.5 Å². The van der Waals surface area contributed by atoms with Crippen molar-refractivity contribution in [2.45, 2.75) is 12.7 Å². The number of pyridine rings is 1. The number of amides is 1. The van der Waals surface area contributed by atoms with Gasteiger partial charge in [-0.05, 0) is 6.07 Å². The molecule has 1 aliphatic rings. The number of aromatic nitrogens is 5. The van der Waals surface area contributed by atoms with E-state index < -0.39 is 29.8 Å². The van der Waals surface area contributed by atoms with E-state index in [2.05, 4.69) is 15.1 Å². The van der Waals surface area contributed by atoms with Gasteiger partial charge in [0, 0.05) is 45.5 Å². The van der Waals surface area contributed by atoms with Gasteiger partial charge in [-0.2, -0.15) is 18.3 Å². The van der Waals surface area contributed by atoms with Crippen LogP contribution in [0.15, 0.2) is 35.6 Å². The molecule has 3 aromatic heterocycles. The molecule has 4 rings (SSSR count). The van der Waals surface area contributed by atoms with Gasteiger partial charge in [0.25, 0.3) is 5.56 Å². The van der Waals surface area contributed by atoms with E-state index in [0.29, 0.717) is 49.9 Å². The Balaban J connectivity index is 1.44. The number of hydrogen-bond donors (Lipinski definition) is 0. The zero-order valence-electron chi connectivity index (χ0n) is 16.0. The van der Waals surface area contributed by atoms with E-state index in [-0.39, 0.29) is 0 Å². The van der Waals surface area contributed by atoms with Crippen LogP contribution in [-0.2, 0) is 24.6 Å². The fourth-order valence-corrected chi connectivity index (χ4v) is 3.44.